The van der Waals surface area contributed by atoms with Crippen LogP contribution in [0.2, 0.25) is 0 Å². The summed E-state index contributed by atoms with van der Waals surface area (Å²) in [5.74, 6) is 0. The van der Waals surface area contributed by atoms with Crippen LogP contribution in [0, 0.1) is 20.8 Å². The Morgan fingerprint density at radius 3 is 2.20 bits per heavy atom. The molecule has 0 atom stereocenters. The van der Waals surface area contributed by atoms with E-state index in [1.54, 1.807) is 0 Å². The zero-order chi connectivity index (χ0) is 11.0. The summed E-state index contributed by atoms with van der Waals surface area (Å²) < 4.78 is 3.91. The van der Waals surface area contributed by atoms with Gasteiger partial charge in [0.25, 0.3) is 0 Å². The summed E-state index contributed by atoms with van der Waals surface area (Å²) in [5.41, 5.74) is 4.48. The van der Waals surface area contributed by atoms with Crippen LogP contribution >= 0.6 is 0 Å². The minimum atomic E-state index is 0.789. The summed E-state index contributed by atoms with van der Waals surface area (Å²) in [6, 6.07) is 4.18. The molecule has 0 aromatic carbocycles. The molecule has 2 heterocycles. The fourth-order valence-electron chi connectivity index (χ4n) is 1.80. The van der Waals surface area contributed by atoms with E-state index in [1.807, 2.05) is 30.3 Å². The molecule has 15 heavy (non-hydrogen) atoms. The summed E-state index contributed by atoms with van der Waals surface area (Å²) in [5, 5.41) is 8.75. The van der Waals surface area contributed by atoms with E-state index in [2.05, 4.69) is 29.3 Å². The van der Waals surface area contributed by atoms with E-state index in [0.717, 1.165) is 17.9 Å². The highest BCUT2D eigenvalue weighted by atomic mass is 15.3. The molecule has 4 nitrogen and oxygen atoms in total. The minimum Gasteiger partial charge on any atom is -0.270 e. The second-order valence-corrected chi connectivity index (χ2v) is 3.99. The third-order valence-electron chi connectivity index (χ3n) is 2.51. The van der Waals surface area contributed by atoms with Gasteiger partial charge < -0.3 is 0 Å². The molecular formula is C11H16N4. The molecule has 0 fully saturated rings. The van der Waals surface area contributed by atoms with Crippen molar-refractivity contribution in [3.05, 3.63) is 34.9 Å². The summed E-state index contributed by atoms with van der Waals surface area (Å²) in [6.45, 7) is 6.88. The van der Waals surface area contributed by atoms with Crippen molar-refractivity contribution >= 4 is 0 Å². The van der Waals surface area contributed by atoms with Gasteiger partial charge in [0.2, 0.25) is 0 Å². The van der Waals surface area contributed by atoms with Gasteiger partial charge in [-0.05, 0) is 32.9 Å². The Morgan fingerprint density at radius 2 is 1.73 bits per heavy atom. The molecule has 0 N–H and O–H groups in total. The molecule has 80 valence electrons. The summed E-state index contributed by atoms with van der Waals surface area (Å²) >= 11 is 0. The van der Waals surface area contributed by atoms with Crippen molar-refractivity contribution in [1.29, 1.82) is 0 Å². The van der Waals surface area contributed by atoms with E-state index in [-0.39, 0.29) is 0 Å². The maximum Gasteiger partial charge on any atom is 0.0831 e. The Hall–Kier alpha value is -1.58. The van der Waals surface area contributed by atoms with Crippen molar-refractivity contribution in [2.24, 2.45) is 7.05 Å². The zero-order valence-electron chi connectivity index (χ0n) is 9.65. The molecule has 0 amide bonds. The van der Waals surface area contributed by atoms with Crippen molar-refractivity contribution in [2.75, 3.05) is 0 Å². The standard InChI is InChI=1S/C11H16N4/c1-8-5-10(3)15(13-8)7-11-6-9(2)12-14(11)4/h5-6H,7H2,1-4H3. The molecule has 0 aliphatic carbocycles. The van der Waals surface area contributed by atoms with Crippen LogP contribution in [0.3, 0.4) is 0 Å². The van der Waals surface area contributed by atoms with Crippen LogP contribution in [0.5, 0.6) is 0 Å². The third-order valence-corrected chi connectivity index (χ3v) is 2.51. The van der Waals surface area contributed by atoms with E-state index in [4.69, 9.17) is 0 Å². The lowest BCUT2D eigenvalue weighted by molar-refractivity contribution is 0.603. The number of nitrogens with zero attached hydrogens (tertiary/aromatic N) is 4. The summed E-state index contributed by atoms with van der Waals surface area (Å²) in [6.07, 6.45) is 0. The van der Waals surface area contributed by atoms with Gasteiger partial charge in [0.05, 0.1) is 23.6 Å². The number of hydrogen-bond donors (Lipinski definition) is 0. The predicted molar refractivity (Wildman–Crippen MR) is 58.7 cm³/mol. The van der Waals surface area contributed by atoms with Gasteiger partial charge in [-0.3, -0.25) is 9.36 Å². The number of rotatable bonds is 2. The van der Waals surface area contributed by atoms with Gasteiger partial charge in [0, 0.05) is 12.7 Å². The van der Waals surface area contributed by atoms with E-state index in [0.29, 0.717) is 0 Å². The third kappa shape index (κ3) is 1.93. The second kappa shape index (κ2) is 3.53. The first-order valence-corrected chi connectivity index (χ1v) is 5.07. The second-order valence-electron chi connectivity index (χ2n) is 3.99. The minimum absolute atomic E-state index is 0.789. The van der Waals surface area contributed by atoms with Gasteiger partial charge in [-0.25, -0.2) is 0 Å². The Kier molecular flexibility index (Phi) is 2.34. The van der Waals surface area contributed by atoms with Crippen LogP contribution in [0.4, 0.5) is 0 Å². The van der Waals surface area contributed by atoms with E-state index in [9.17, 15) is 0 Å². The van der Waals surface area contributed by atoms with Crippen LogP contribution < -0.4 is 0 Å². The van der Waals surface area contributed by atoms with Crippen molar-refractivity contribution < 1.29 is 0 Å². The zero-order valence-corrected chi connectivity index (χ0v) is 9.65. The Bertz CT molecular complexity index is 434. The van der Waals surface area contributed by atoms with Crippen LogP contribution in [0.25, 0.3) is 0 Å². The van der Waals surface area contributed by atoms with Crippen LogP contribution in [0.1, 0.15) is 22.8 Å². The highest BCUT2D eigenvalue weighted by Crippen LogP contribution is 2.07. The number of aryl methyl sites for hydroxylation is 4. The van der Waals surface area contributed by atoms with Crippen molar-refractivity contribution in [3.8, 4) is 0 Å². The Balaban J connectivity index is 2.29. The topological polar surface area (TPSA) is 35.6 Å². The average molecular weight is 204 g/mol. The molecule has 0 saturated carbocycles. The number of aromatic nitrogens is 4. The summed E-state index contributed by atoms with van der Waals surface area (Å²) in [7, 11) is 1.97. The molecule has 2 aromatic heterocycles. The molecule has 2 aromatic rings. The van der Waals surface area contributed by atoms with Crippen molar-refractivity contribution in [1.82, 2.24) is 19.6 Å². The highest BCUT2D eigenvalue weighted by Gasteiger charge is 2.06. The molecule has 0 aliphatic heterocycles. The van der Waals surface area contributed by atoms with Gasteiger partial charge in [-0.1, -0.05) is 0 Å². The lowest BCUT2D eigenvalue weighted by atomic mass is 10.3. The number of hydrogen-bond acceptors (Lipinski definition) is 2. The predicted octanol–water partition coefficient (Wildman–Crippen LogP) is 1.59. The van der Waals surface area contributed by atoms with E-state index >= 15 is 0 Å². The van der Waals surface area contributed by atoms with Gasteiger partial charge >= 0.3 is 0 Å². The van der Waals surface area contributed by atoms with Crippen LogP contribution in [-0.2, 0) is 13.6 Å². The first-order chi connectivity index (χ1) is 7.06. The first kappa shape index (κ1) is 9.96. The molecule has 0 unspecified atom stereocenters. The molecule has 0 bridgehead atoms. The Morgan fingerprint density at radius 1 is 1.07 bits per heavy atom. The van der Waals surface area contributed by atoms with Crippen molar-refractivity contribution in [3.63, 3.8) is 0 Å². The molecule has 2 rings (SSSR count). The Labute approximate surface area is 89.5 Å². The van der Waals surface area contributed by atoms with E-state index < -0.39 is 0 Å². The van der Waals surface area contributed by atoms with Gasteiger partial charge in [0.1, 0.15) is 0 Å². The molecular weight excluding hydrogens is 188 g/mol. The van der Waals surface area contributed by atoms with Crippen LogP contribution in [0.15, 0.2) is 12.1 Å². The molecule has 4 heteroatoms. The smallest absolute Gasteiger partial charge is 0.0831 e. The van der Waals surface area contributed by atoms with Crippen molar-refractivity contribution in [2.45, 2.75) is 27.3 Å². The fourth-order valence-corrected chi connectivity index (χ4v) is 1.80. The van der Waals surface area contributed by atoms with Gasteiger partial charge in [0.15, 0.2) is 0 Å². The SMILES string of the molecule is Cc1cc(Cn2nc(C)cc2C)n(C)n1. The molecule has 0 spiro atoms. The quantitative estimate of drug-likeness (QED) is 0.744. The van der Waals surface area contributed by atoms with Gasteiger partial charge in [-0.2, -0.15) is 10.2 Å². The maximum absolute atomic E-state index is 4.43. The first-order valence-electron chi connectivity index (χ1n) is 5.07. The summed E-state index contributed by atoms with van der Waals surface area (Å²) in [4.78, 5) is 0. The lowest BCUT2D eigenvalue weighted by Gasteiger charge is -2.04. The highest BCUT2D eigenvalue weighted by molar-refractivity contribution is 5.12. The maximum atomic E-state index is 4.43. The normalized spacial score (nSPS) is 10.9. The molecule has 0 aliphatic rings. The molecule has 0 radical (unpaired) electrons. The fraction of sp³-hybridized carbons (Fsp3) is 0.455. The average Bonchev–Trinajstić information content (AvgIpc) is 2.58. The monoisotopic (exact) mass is 204 g/mol. The molecule has 0 saturated heterocycles. The largest absolute Gasteiger partial charge is 0.270 e. The lowest BCUT2D eigenvalue weighted by Crippen LogP contribution is -2.08. The van der Waals surface area contributed by atoms with E-state index in [1.165, 1.54) is 11.4 Å². The van der Waals surface area contributed by atoms with Crippen LogP contribution in [-0.4, -0.2) is 19.6 Å². The van der Waals surface area contributed by atoms with Gasteiger partial charge in [-0.15, -0.1) is 0 Å².